The lowest BCUT2D eigenvalue weighted by Crippen LogP contribution is -2.46. The highest BCUT2D eigenvalue weighted by Gasteiger charge is 2.28. The van der Waals surface area contributed by atoms with E-state index in [1.807, 2.05) is 0 Å². The number of ketones is 1. The van der Waals surface area contributed by atoms with Crippen LogP contribution in [0.1, 0.15) is 42.1 Å². The summed E-state index contributed by atoms with van der Waals surface area (Å²) in [6.45, 7) is 4.93. The van der Waals surface area contributed by atoms with Gasteiger partial charge in [0, 0.05) is 25.2 Å². The van der Waals surface area contributed by atoms with Gasteiger partial charge >= 0.3 is 0 Å². The maximum absolute atomic E-state index is 13.0. The number of benzene rings is 2. The number of rotatable bonds is 11. The van der Waals surface area contributed by atoms with Crippen molar-refractivity contribution in [3.05, 3.63) is 71.6 Å². The van der Waals surface area contributed by atoms with E-state index in [1.54, 1.807) is 60.8 Å². The minimum absolute atomic E-state index is 0.0872. The number of likely N-dealkylation sites (tertiary alicyclic amines) is 1. The van der Waals surface area contributed by atoms with Crippen molar-refractivity contribution >= 4 is 21.9 Å². The number of carbonyl (C=O) groups is 1. The number of nitrogens with zero attached hydrogens (tertiary/aromatic N) is 2. The monoisotopic (exact) mass is 488 g/mol. The van der Waals surface area contributed by atoms with Crippen molar-refractivity contribution in [1.29, 1.82) is 0 Å². The van der Waals surface area contributed by atoms with Gasteiger partial charge in [-0.25, -0.2) is 17.1 Å². The van der Waals surface area contributed by atoms with Crippen LogP contribution in [0.4, 0.5) is 4.39 Å². The summed E-state index contributed by atoms with van der Waals surface area (Å²) in [7, 11) is -1.45. The average molecular weight is 489 g/mol. The van der Waals surface area contributed by atoms with Crippen LogP contribution in [0.25, 0.3) is 6.08 Å². The Balaban J connectivity index is 1.37. The van der Waals surface area contributed by atoms with Crippen LogP contribution in [0.3, 0.4) is 0 Å². The molecule has 8 heteroatoms. The Bertz CT molecular complexity index is 1060. The molecule has 2 aromatic rings. The summed E-state index contributed by atoms with van der Waals surface area (Å²) in [5.74, 6) is 0.417. The van der Waals surface area contributed by atoms with Gasteiger partial charge in [0.15, 0.2) is 5.78 Å². The quantitative estimate of drug-likeness (QED) is 0.269. The molecule has 0 saturated carbocycles. The molecule has 0 bridgehead atoms. The molecule has 6 nitrogen and oxygen atoms in total. The molecular formula is C26H33FN2O4S. The zero-order chi connectivity index (χ0) is 24.6. The van der Waals surface area contributed by atoms with Crippen molar-refractivity contribution in [2.75, 3.05) is 39.0 Å². The fraction of sp³-hybridized carbons (Fsp3) is 0.423. The van der Waals surface area contributed by atoms with E-state index in [0.29, 0.717) is 17.9 Å². The number of sulfonamides is 1. The lowest BCUT2D eigenvalue weighted by molar-refractivity contribution is 0.104. The summed E-state index contributed by atoms with van der Waals surface area (Å²) < 4.78 is 44.4. The van der Waals surface area contributed by atoms with Crippen LogP contribution in [0.15, 0.2) is 54.6 Å². The predicted octanol–water partition coefficient (Wildman–Crippen LogP) is 4.24. The van der Waals surface area contributed by atoms with Crippen molar-refractivity contribution in [2.24, 2.45) is 0 Å². The number of carbonyl (C=O) groups excluding carboxylic acids is 1. The number of hydrogen-bond donors (Lipinski definition) is 0. The molecule has 0 N–H and O–H groups in total. The molecule has 1 aliphatic rings. The second-order valence-electron chi connectivity index (χ2n) is 8.47. The average Bonchev–Trinajstić information content (AvgIpc) is 2.86. The number of hydrogen-bond acceptors (Lipinski definition) is 5. The molecule has 184 valence electrons. The van der Waals surface area contributed by atoms with Crippen molar-refractivity contribution in [1.82, 2.24) is 9.21 Å². The second-order valence-corrected chi connectivity index (χ2v) is 10.8. The van der Waals surface area contributed by atoms with Crippen LogP contribution in [0, 0.1) is 5.82 Å². The Hall–Kier alpha value is -2.55. The van der Waals surface area contributed by atoms with Gasteiger partial charge in [0.2, 0.25) is 10.0 Å². The van der Waals surface area contributed by atoms with E-state index in [9.17, 15) is 17.6 Å². The van der Waals surface area contributed by atoms with E-state index < -0.39 is 10.0 Å². The highest BCUT2D eigenvalue weighted by Crippen LogP contribution is 2.19. The SMILES string of the molecule is CCS(=O)(=O)N(C)C1CCN(CCCOc2ccc(C(=O)/C=C/c3ccc(F)cc3)cc2)CC1. The first-order chi connectivity index (χ1) is 16.3. The van der Waals surface area contributed by atoms with E-state index in [1.165, 1.54) is 18.2 Å². The largest absolute Gasteiger partial charge is 0.494 e. The summed E-state index contributed by atoms with van der Waals surface area (Å²) in [5.41, 5.74) is 1.32. The fourth-order valence-corrected chi connectivity index (χ4v) is 5.05. The normalized spacial score (nSPS) is 15.8. The van der Waals surface area contributed by atoms with E-state index in [0.717, 1.165) is 44.5 Å². The van der Waals surface area contributed by atoms with Crippen LogP contribution in [0.2, 0.25) is 0 Å². The smallest absolute Gasteiger partial charge is 0.213 e. The van der Waals surface area contributed by atoms with Crippen molar-refractivity contribution in [2.45, 2.75) is 32.2 Å². The molecule has 0 aromatic heterocycles. The van der Waals surface area contributed by atoms with Crippen LogP contribution in [0.5, 0.6) is 5.75 Å². The third-order valence-electron chi connectivity index (χ3n) is 6.20. The lowest BCUT2D eigenvalue weighted by atomic mass is 10.1. The van der Waals surface area contributed by atoms with Gasteiger partial charge in [0.1, 0.15) is 11.6 Å². The first-order valence-corrected chi connectivity index (χ1v) is 13.3. The third kappa shape index (κ3) is 7.48. The molecule has 1 saturated heterocycles. The van der Waals surface area contributed by atoms with Crippen molar-refractivity contribution in [3.63, 3.8) is 0 Å². The van der Waals surface area contributed by atoms with Gasteiger partial charge < -0.3 is 9.64 Å². The lowest BCUT2D eigenvalue weighted by Gasteiger charge is -2.36. The Morgan fingerprint density at radius 2 is 1.76 bits per heavy atom. The molecule has 0 unspecified atom stereocenters. The summed E-state index contributed by atoms with van der Waals surface area (Å²) in [5, 5.41) is 0. The summed E-state index contributed by atoms with van der Waals surface area (Å²) in [6.07, 6.45) is 5.70. The van der Waals surface area contributed by atoms with Gasteiger partial charge in [-0.05, 0) is 87.3 Å². The summed E-state index contributed by atoms with van der Waals surface area (Å²) >= 11 is 0. The van der Waals surface area contributed by atoms with Gasteiger partial charge in [-0.2, -0.15) is 0 Å². The molecule has 0 amide bonds. The minimum atomic E-state index is -3.14. The topological polar surface area (TPSA) is 66.9 Å². The number of halogens is 1. The number of allylic oxidation sites excluding steroid dienone is 1. The molecule has 0 spiro atoms. The molecule has 1 fully saturated rings. The summed E-state index contributed by atoms with van der Waals surface area (Å²) in [4.78, 5) is 14.7. The molecule has 0 aliphatic carbocycles. The van der Waals surface area contributed by atoms with E-state index in [4.69, 9.17) is 4.74 Å². The van der Waals surface area contributed by atoms with E-state index in [2.05, 4.69) is 4.90 Å². The van der Waals surface area contributed by atoms with Crippen molar-refractivity contribution in [3.8, 4) is 5.75 Å². The maximum atomic E-state index is 13.0. The second kappa shape index (κ2) is 12.2. The zero-order valence-corrected chi connectivity index (χ0v) is 20.6. The Morgan fingerprint density at radius 1 is 1.12 bits per heavy atom. The summed E-state index contributed by atoms with van der Waals surface area (Å²) in [6, 6.07) is 13.1. The highest BCUT2D eigenvalue weighted by atomic mass is 32.2. The van der Waals surface area contributed by atoms with Crippen LogP contribution < -0.4 is 4.74 Å². The molecule has 1 heterocycles. The Kier molecular flexibility index (Phi) is 9.38. The maximum Gasteiger partial charge on any atom is 0.213 e. The Morgan fingerprint density at radius 3 is 2.38 bits per heavy atom. The van der Waals surface area contributed by atoms with Gasteiger partial charge in [0.25, 0.3) is 0 Å². The number of ether oxygens (including phenoxy) is 1. The van der Waals surface area contributed by atoms with E-state index >= 15 is 0 Å². The van der Waals surface area contributed by atoms with Crippen LogP contribution in [-0.4, -0.2) is 68.5 Å². The standard InChI is InChI=1S/C26H33FN2O4S/c1-3-34(31,32)28(2)24-15-18-29(19-16-24)17-4-20-33-25-12-8-22(9-13-25)26(30)14-7-21-5-10-23(27)11-6-21/h5-14,24H,3-4,15-20H2,1-2H3/b14-7+. The van der Waals surface area contributed by atoms with Gasteiger partial charge in [-0.3, -0.25) is 4.79 Å². The minimum Gasteiger partial charge on any atom is -0.494 e. The molecule has 2 aromatic carbocycles. The van der Waals surface area contributed by atoms with Gasteiger partial charge in [-0.1, -0.05) is 18.2 Å². The molecular weight excluding hydrogens is 455 g/mol. The first kappa shape index (κ1) is 26.1. The third-order valence-corrected chi connectivity index (χ3v) is 8.10. The molecule has 34 heavy (non-hydrogen) atoms. The van der Waals surface area contributed by atoms with Crippen LogP contribution in [-0.2, 0) is 10.0 Å². The molecule has 0 atom stereocenters. The van der Waals surface area contributed by atoms with E-state index in [-0.39, 0.29) is 23.4 Å². The van der Waals surface area contributed by atoms with Gasteiger partial charge in [-0.15, -0.1) is 0 Å². The number of piperidine rings is 1. The van der Waals surface area contributed by atoms with Crippen molar-refractivity contribution < 1.29 is 22.3 Å². The molecule has 0 radical (unpaired) electrons. The molecule has 3 rings (SSSR count). The zero-order valence-electron chi connectivity index (χ0n) is 19.8. The first-order valence-electron chi connectivity index (χ1n) is 11.7. The fourth-order valence-electron chi connectivity index (χ4n) is 3.97. The predicted molar refractivity (Wildman–Crippen MR) is 133 cm³/mol. The molecule has 1 aliphatic heterocycles. The van der Waals surface area contributed by atoms with Gasteiger partial charge in [0.05, 0.1) is 12.4 Å². The van der Waals surface area contributed by atoms with Crippen LogP contribution >= 0.6 is 0 Å². The Labute approximate surface area is 202 Å². The highest BCUT2D eigenvalue weighted by molar-refractivity contribution is 7.89.